The van der Waals surface area contributed by atoms with Crippen LogP contribution in [0.1, 0.15) is 28.8 Å². The lowest BCUT2D eigenvalue weighted by molar-refractivity contribution is 0.100. The first kappa shape index (κ1) is 9.27. The van der Waals surface area contributed by atoms with Gasteiger partial charge < -0.3 is 5.73 Å². The molecule has 1 amide bonds. The van der Waals surface area contributed by atoms with Crippen LogP contribution in [-0.2, 0) is 0 Å². The number of carbonyl (C=O) groups is 1. The molecule has 0 fully saturated rings. The number of hydrogen-bond acceptors (Lipinski definition) is 2. The summed E-state index contributed by atoms with van der Waals surface area (Å²) in [6.45, 7) is 1.80. The van der Waals surface area contributed by atoms with Gasteiger partial charge >= 0.3 is 0 Å². The number of rotatable bonds is 2. The molecule has 0 saturated carbocycles. The van der Waals surface area contributed by atoms with E-state index < -0.39 is 5.91 Å². The molecule has 0 radical (unpaired) electrons. The first-order valence-corrected chi connectivity index (χ1v) is 3.94. The number of nitriles is 1. The van der Waals surface area contributed by atoms with Gasteiger partial charge in [-0.15, -0.1) is 0 Å². The third kappa shape index (κ3) is 2.06. The van der Waals surface area contributed by atoms with Crippen LogP contribution >= 0.6 is 0 Å². The summed E-state index contributed by atoms with van der Waals surface area (Å²) in [7, 11) is 0. The van der Waals surface area contributed by atoms with Crippen LogP contribution in [0.2, 0.25) is 0 Å². The van der Waals surface area contributed by atoms with E-state index in [0.29, 0.717) is 5.56 Å². The summed E-state index contributed by atoms with van der Waals surface area (Å²) in [5.74, 6) is -0.599. The summed E-state index contributed by atoms with van der Waals surface area (Å²) in [5.41, 5.74) is 6.43. The fourth-order valence-corrected chi connectivity index (χ4v) is 1.01. The first-order valence-electron chi connectivity index (χ1n) is 3.94. The van der Waals surface area contributed by atoms with Gasteiger partial charge in [0.05, 0.1) is 12.0 Å². The summed E-state index contributed by atoms with van der Waals surface area (Å²) >= 11 is 0. The molecular weight excluding hydrogens is 164 g/mol. The van der Waals surface area contributed by atoms with E-state index >= 15 is 0 Å². The van der Waals surface area contributed by atoms with Crippen LogP contribution < -0.4 is 5.73 Å². The summed E-state index contributed by atoms with van der Waals surface area (Å²) in [6.07, 6.45) is 0. The van der Waals surface area contributed by atoms with Crippen LogP contribution in [0.25, 0.3) is 0 Å². The van der Waals surface area contributed by atoms with E-state index in [4.69, 9.17) is 11.0 Å². The van der Waals surface area contributed by atoms with Crippen molar-refractivity contribution in [3.63, 3.8) is 0 Å². The highest BCUT2D eigenvalue weighted by Crippen LogP contribution is 2.14. The normalized spacial score (nSPS) is 11.7. The zero-order valence-electron chi connectivity index (χ0n) is 7.32. The Bertz CT molecular complexity index is 348. The predicted octanol–water partition coefficient (Wildman–Crippen LogP) is 1.41. The van der Waals surface area contributed by atoms with Gasteiger partial charge in [0.25, 0.3) is 0 Å². The Labute approximate surface area is 76.8 Å². The van der Waals surface area contributed by atoms with Gasteiger partial charge in [0.15, 0.2) is 0 Å². The summed E-state index contributed by atoms with van der Waals surface area (Å²) in [5, 5.41) is 8.63. The van der Waals surface area contributed by atoms with Crippen molar-refractivity contribution in [1.29, 1.82) is 5.26 Å². The molecule has 66 valence electrons. The minimum absolute atomic E-state index is 0.151. The van der Waals surface area contributed by atoms with Gasteiger partial charge in [0, 0.05) is 5.56 Å². The molecule has 0 saturated heterocycles. The van der Waals surface area contributed by atoms with E-state index in [0.717, 1.165) is 5.56 Å². The Morgan fingerprint density at radius 1 is 1.46 bits per heavy atom. The molecule has 2 N–H and O–H groups in total. The summed E-state index contributed by atoms with van der Waals surface area (Å²) in [4.78, 5) is 10.7. The number of nitrogens with zero attached hydrogens (tertiary/aromatic N) is 1. The first-order chi connectivity index (χ1) is 6.15. The van der Waals surface area contributed by atoms with Gasteiger partial charge in [-0.05, 0) is 24.6 Å². The Morgan fingerprint density at radius 2 is 2.00 bits per heavy atom. The van der Waals surface area contributed by atoms with E-state index in [9.17, 15) is 4.79 Å². The van der Waals surface area contributed by atoms with Crippen molar-refractivity contribution in [2.75, 3.05) is 0 Å². The quantitative estimate of drug-likeness (QED) is 0.736. The van der Waals surface area contributed by atoms with Crippen LogP contribution in [0, 0.1) is 11.3 Å². The van der Waals surface area contributed by atoms with Gasteiger partial charge in [-0.3, -0.25) is 4.79 Å². The smallest absolute Gasteiger partial charge is 0.248 e. The van der Waals surface area contributed by atoms with Crippen LogP contribution in [0.5, 0.6) is 0 Å². The maximum Gasteiger partial charge on any atom is 0.248 e. The lowest BCUT2D eigenvalue weighted by Gasteiger charge is -2.02. The Balaban J connectivity index is 2.95. The van der Waals surface area contributed by atoms with Crippen LogP contribution in [0.3, 0.4) is 0 Å². The molecule has 1 rings (SSSR count). The highest BCUT2D eigenvalue weighted by molar-refractivity contribution is 5.92. The lowest BCUT2D eigenvalue weighted by atomic mass is 10.0. The SMILES string of the molecule is CC(C#N)c1ccc(C(N)=O)cc1. The number of benzene rings is 1. The number of amides is 1. The van der Waals surface area contributed by atoms with Crippen molar-refractivity contribution >= 4 is 5.91 Å². The van der Waals surface area contributed by atoms with Crippen molar-refractivity contribution in [1.82, 2.24) is 0 Å². The minimum atomic E-state index is -0.448. The number of nitrogens with two attached hydrogens (primary N) is 1. The molecule has 0 aliphatic rings. The molecule has 0 aliphatic carbocycles. The highest BCUT2D eigenvalue weighted by atomic mass is 16.1. The average Bonchev–Trinajstić information content (AvgIpc) is 2.17. The molecule has 1 atom stereocenters. The van der Waals surface area contributed by atoms with E-state index in [-0.39, 0.29) is 5.92 Å². The molecule has 1 aromatic rings. The molecule has 1 unspecified atom stereocenters. The molecule has 3 heteroatoms. The van der Waals surface area contributed by atoms with E-state index in [2.05, 4.69) is 6.07 Å². The fraction of sp³-hybridized carbons (Fsp3) is 0.200. The summed E-state index contributed by atoms with van der Waals surface area (Å²) in [6, 6.07) is 8.86. The Kier molecular flexibility index (Phi) is 2.65. The second-order valence-electron chi connectivity index (χ2n) is 2.84. The van der Waals surface area contributed by atoms with Crippen LogP contribution in [0.4, 0.5) is 0 Å². The zero-order chi connectivity index (χ0) is 9.84. The van der Waals surface area contributed by atoms with Crippen molar-refractivity contribution in [3.8, 4) is 6.07 Å². The van der Waals surface area contributed by atoms with Crippen molar-refractivity contribution in [2.24, 2.45) is 5.73 Å². The maximum absolute atomic E-state index is 10.7. The molecule has 0 heterocycles. The molecule has 1 aromatic carbocycles. The van der Waals surface area contributed by atoms with Crippen molar-refractivity contribution in [2.45, 2.75) is 12.8 Å². The van der Waals surface area contributed by atoms with E-state index in [1.54, 1.807) is 31.2 Å². The van der Waals surface area contributed by atoms with Gasteiger partial charge in [0.2, 0.25) is 5.91 Å². The number of primary amides is 1. The van der Waals surface area contributed by atoms with Gasteiger partial charge in [-0.1, -0.05) is 12.1 Å². The fourth-order valence-electron chi connectivity index (χ4n) is 1.01. The predicted molar refractivity (Wildman–Crippen MR) is 49.0 cm³/mol. The third-order valence-corrected chi connectivity index (χ3v) is 1.89. The molecule has 0 bridgehead atoms. The van der Waals surface area contributed by atoms with Gasteiger partial charge in [-0.25, -0.2) is 0 Å². The lowest BCUT2D eigenvalue weighted by Crippen LogP contribution is -2.10. The summed E-state index contributed by atoms with van der Waals surface area (Å²) < 4.78 is 0. The maximum atomic E-state index is 10.7. The minimum Gasteiger partial charge on any atom is -0.366 e. The van der Waals surface area contributed by atoms with Gasteiger partial charge in [-0.2, -0.15) is 5.26 Å². The zero-order valence-corrected chi connectivity index (χ0v) is 7.32. The standard InChI is InChI=1S/C10H10N2O/c1-7(6-11)8-2-4-9(5-3-8)10(12)13/h2-5,7H,1H3,(H2,12,13). The van der Waals surface area contributed by atoms with Crippen LogP contribution in [-0.4, -0.2) is 5.91 Å². The molecule has 13 heavy (non-hydrogen) atoms. The second kappa shape index (κ2) is 3.72. The molecule has 0 aromatic heterocycles. The second-order valence-corrected chi connectivity index (χ2v) is 2.84. The topological polar surface area (TPSA) is 66.9 Å². The highest BCUT2D eigenvalue weighted by Gasteiger charge is 2.04. The van der Waals surface area contributed by atoms with E-state index in [1.165, 1.54) is 0 Å². The largest absolute Gasteiger partial charge is 0.366 e. The molecule has 0 spiro atoms. The van der Waals surface area contributed by atoms with Crippen molar-refractivity contribution < 1.29 is 4.79 Å². The molecule has 0 aliphatic heterocycles. The van der Waals surface area contributed by atoms with Crippen molar-refractivity contribution in [3.05, 3.63) is 35.4 Å². The third-order valence-electron chi connectivity index (χ3n) is 1.89. The van der Waals surface area contributed by atoms with Gasteiger partial charge in [0.1, 0.15) is 0 Å². The molecular formula is C10H10N2O. The average molecular weight is 174 g/mol. The monoisotopic (exact) mass is 174 g/mol. The number of carbonyl (C=O) groups excluding carboxylic acids is 1. The Morgan fingerprint density at radius 3 is 2.38 bits per heavy atom. The number of hydrogen-bond donors (Lipinski definition) is 1. The van der Waals surface area contributed by atoms with E-state index in [1.807, 2.05) is 0 Å². The van der Waals surface area contributed by atoms with Crippen LogP contribution in [0.15, 0.2) is 24.3 Å². The molecule has 3 nitrogen and oxygen atoms in total. The Hall–Kier alpha value is -1.82.